The van der Waals surface area contributed by atoms with Crippen LogP contribution in [0, 0.1) is 12.8 Å². The fourth-order valence-electron chi connectivity index (χ4n) is 2.90. The highest BCUT2D eigenvalue weighted by Gasteiger charge is 2.24. The second-order valence-electron chi connectivity index (χ2n) is 8.18. The van der Waals surface area contributed by atoms with Gasteiger partial charge in [-0.15, -0.1) is 0 Å². The van der Waals surface area contributed by atoms with Crippen molar-refractivity contribution in [1.29, 1.82) is 0 Å². The van der Waals surface area contributed by atoms with E-state index in [1.807, 2.05) is 52.1 Å². The van der Waals surface area contributed by atoms with Crippen LogP contribution in [0.3, 0.4) is 0 Å². The standard InChI is InChI=1S/C21H31N3O2/c1-15(2)12-18(23-20(25)26-21(4,5)6)19-22-16(3)13-24(19)14-17-10-8-7-9-11-17/h7-11,13,15,18H,12,14H2,1-6H3,(H,23,25)/t18-/m0/s1. The number of rotatable bonds is 6. The van der Waals surface area contributed by atoms with Crippen LogP contribution in [0.15, 0.2) is 36.5 Å². The minimum atomic E-state index is -0.526. The first-order chi connectivity index (χ1) is 12.1. The van der Waals surface area contributed by atoms with Crippen molar-refractivity contribution >= 4 is 6.09 Å². The van der Waals surface area contributed by atoms with Gasteiger partial charge in [0, 0.05) is 12.7 Å². The Balaban J connectivity index is 2.25. The number of benzene rings is 1. The van der Waals surface area contributed by atoms with E-state index in [2.05, 4.69) is 35.9 Å². The normalized spacial score (nSPS) is 12.9. The summed E-state index contributed by atoms with van der Waals surface area (Å²) < 4.78 is 7.57. The molecule has 2 aromatic rings. The number of carbonyl (C=O) groups excluding carboxylic acids is 1. The molecular weight excluding hydrogens is 326 g/mol. The molecule has 0 bridgehead atoms. The summed E-state index contributed by atoms with van der Waals surface area (Å²) in [5.74, 6) is 1.28. The number of imidazole rings is 1. The summed E-state index contributed by atoms with van der Waals surface area (Å²) in [5.41, 5.74) is 1.62. The maximum absolute atomic E-state index is 12.3. The van der Waals surface area contributed by atoms with E-state index in [4.69, 9.17) is 9.72 Å². The van der Waals surface area contributed by atoms with Crippen LogP contribution in [-0.4, -0.2) is 21.2 Å². The summed E-state index contributed by atoms with van der Waals surface area (Å²) >= 11 is 0. The van der Waals surface area contributed by atoms with Gasteiger partial charge in [0.15, 0.2) is 0 Å². The zero-order chi connectivity index (χ0) is 19.3. The molecule has 0 radical (unpaired) electrons. The minimum Gasteiger partial charge on any atom is -0.444 e. The molecule has 1 atom stereocenters. The van der Waals surface area contributed by atoms with Crippen molar-refractivity contribution in [2.75, 3.05) is 0 Å². The van der Waals surface area contributed by atoms with E-state index in [0.717, 1.165) is 24.5 Å². The molecule has 1 aromatic carbocycles. The monoisotopic (exact) mass is 357 g/mol. The number of nitrogens with zero attached hydrogens (tertiary/aromatic N) is 2. The van der Waals surface area contributed by atoms with Crippen LogP contribution in [0.25, 0.3) is 0 Å². The van der Waals surface area contributed by atoms with E-state index in [1.165, 1.54) is 5.56 Å². The van der Waals surface area contributed by atoms with Crippen LogP contribution < -0.4 is 5.32 Å². The molecule has 0 spiro atoms. The van der Waals surface area contributed by atoms with Gasteiger partial charge in [-0.2, -0.15) is 0 Å². The molecule has 1 N–H and O–H groups in total. The third-order valence-corrected chi connectivity index (χ3v) is 3.83. The van der Waals surface area contributed by atoms with Gasteiger partial charge >= 0.3 is 6.09 Å². The predicted octanol–water partition coefficient (Wildman–Crippen LogP) is 4.85. The van der Waals surface area contributed by atoms with E-state index < -0.39 is 11.7 Å². The van der Waals surface area contributed by atoms with Gasteiger partial charge < -0.3 is 14.6 Å². The second kappa shape index (κ2) is 8.39. The Morgan fingerprint density at radius 2 is 1.88 bits per heavy atom. The Hall–Kier alpha value is -2.30. The highest BCUT2D eigenvalue weighted by Crippen LogP contribution is 2.23. The number of alkyl carbamates (subject to hydrolysis) is 1. The molecule has 1 aromatic heterocycles. The lowest BCUT2D eigenvalue weighted by Crippen LogP contribution is -2.36. The fourth-order valence-corrected chi connectivity index (χ4v) is 2.90. The summed E-state index contributed by atoms with van der Waals surface area (Å²) in [5, 5.41) is 3.02. The van der Waals surface area contributed by atoms with Crippen LogP contribution in [0.5, 0.6) is 0 Å². The molecule has 142 valence electrons. The SMILES string of the molecule is Cc1cn(Cc2ccccc2)c([C@H](CC(C)C)NC(=O)OC(C)(C)C)n1. The predicted molar refractivity (Wildman–Crippen MR) is 104 cm³/mol. The number of aryl methyl sites for hydroxylation is 1. The van der Waals surface area contributed by atoms with Gasteiger partial charge in [-0.1, -0.05) is 44.2 Å². The molecule has 0 saturated carbocycles. The summed E-state index contributed by atoms with van der Waals surface area (Å²) in [4.78, 5) is 17.0. The van der Waals surface area contributed by atoms with E-state index >= 15 is 0 Å². The number of carbonyl (C=O) groups is 1. The van der Waals surface area contributed by atoms with Crippen LogP contribution in [0.2, 0.25) is 0 Å². The van der Waals surface area contributed by atoms with Crippen molar-refractivity contribution in [2.24, 2.45) is 5.92 Å². The van der Waals surface area contributed by atoms with Gasteiger partial charge in [-0.3, -0.25) is 0 Å². The third kappa shape index (κ3) is 6.21. The highest BCUT2D eigenvalue weighted by molar-refractivity contribution is 5.68. The number of hydrogen-bond donors (Lipinski definition) is 1. The maximum Gasteiger partial charge on any atom is 0.408 e. The van der Waals surface area contributed by atoms with Gasteiger partial charge in [-0.05, 0) is 45.6 Å². The van der Waals surface area contributed by atoms with Crippen LogP contribution in [-0.2, 0) is 11.3 Å². The molecule has 0 aliphatic heterocycles. The molecule has 0 aliphatic carbocycles. The fraction of sp³-hybridized carbons (Fsp3) is 0.524. The highest BCUT2D eigenvalue weighted by atomic mass is 16.6. The number of amides is 1. The zero-order valence-corrected chi connectivity index (χ0v) is 16.7. The van der Waals surface area contributed by atoms with Crippen molar-refractivity contribution in [2.45, 2.75) is 66.2 Å². The topological polar surface area (TPSA) is 56.2 Å². The van der Waals surface area contributed by atoms with Crippen molar-refractivity contribution < 1.29 is 9.53 Å². The largest absolute Gasteiger partial charge is 0.444 e. The molecule has 2 rings (SSSR count). The maximum atomic E-state index is 12.3. The zero-order valence-electron chi connectivity index (χ0n) is 16.7. The first-order valence-electron chi connectivity index (χ1n) is 9.21. The molecule has 0 fully saturated rings. The molecule has 0 unspecified atom stereocenters. The molecule has 1 amide bonds. The number of nitrogens with one attached hydrogen (secondary N) is 1. The Morgan fingerprint density at radius 1 is 1.23 bits per heavy atom. The summed E-state index contributed by atoms with van der Waals surface area (Å²) in [6.45, 7) is 12.6. The van der Waals surface area contributed by atoms with E-state index in [0.29, 0.717) is 5.92 Å². The van der Waals surface area contributed by atoms with E-state index in [-0.39, 0.29) is 6.04 Å². The molecule has 0 saturated heterocycles. The lowest BCUT2D eigenvalue weighted by Gasteiger charge is -2.25. The average molecular weight is 357 g/mol. The third-order valence-electron chi connectivity index (χ3n) is 3.83. The van der Waals surface area contributed by atoms with E-state index in [9.17, 15) is 4.79 Å². The Bertz CT molecular complexity index is 715. The van der Waals surface area contributed by atoms with Crippen LogP contribution in [0.1, 0.15) is 64.2 Å². The number of ether oxygens (including phenoxy) is 1. The van der Waals surface area contributed by atoms with Crippen LogP contribution >= 0.6 is 0 Å². The first kappa shape index (κ1) is 20.0. The van der Waals surface area contributed by atoms with Gasteiger partial charge in [0.05, 0.1) is 11.7 Å². The molecule has 0 aliphatic rings. The summed E-state index contributed by atoms with van der Waals surface area (Å²) in [7, 11) is 0. The summed E-state index contributed by atoms with van der Waals surface area (Å²) in [6, 6.07) is 10.1. The number of hydrogen-bond acceptors (Lipinski definition) is 3. The van der Waals surface area contributed by atoms with E-state index in [1.54, 1.807) is 0 Å². The quantitative estimate of drug-likeness (QED) is 0.804. The second-order valence-corrected chi connectivity index (χ2v) is 8.18. The molecule has 1 heterocycles. The van der Waals surface area contributed by atoms with Crippen molar-refractivity contribution in [3.05, 3.63) is 53.6 Å². The first-order valence-corrected chi connectivity index (χ1v) is 9.21. The van der Waals surface area contributed by atoms with Crippen molar-refractivity contribution in [1.82, 2.24) is 14.9 Å². The summed E-state index contributed by atoms with van der Waals surface area (Å²) in [6.07, 6.45) is 2.42. The lowest BCUT2D eigenvalue weighted by molar-refractivity contribution is 0.0494. The Kier molecular flexibility index (Phi) is 6.46. The minimum absolute atomic E-state index is 0.192. The van der Waals surface area contributed by atoms with Crippen molar-refractivity contribution in [3.63, 3.8) is 0 Å². The average Bonchev–Trinajstić information content (AvgIpc) is 2.86. The van der Waals surface area contributed by atoms with Gasteiger partial charge in [0.25, 0.3) is 0 Å². The molecular formula is C21H31N3O2. The molecule has 5 nitrogen and oxygen atoms in total. The van der Waals surface area contributed by atoms with Gasteiger partial charge in [0.1, 0.15) is 11.4 Å². The number of aromatic nitrogens is 2. The molecule has 26 heavy (non-hydrogen) atoms. The lowest BCUT2D eigenvalue weighted by atomic mass is 10.0. The Morgan fingerprint density at radius 3 is 2.46 bits per heavy atom. The smallest absolute Gasteiger partial charge is 0.408 e. The molecule has 5 heteroatoms. The Labute approximate surface area is 156 Å². The van der Waals surface area contributed by atoms with Gasteiger partial charge in [-0.25, -0.2) is 9.78 Å². The van der Waals surface area contributed by atoms with Crippen LogP contribution in [0.4, 0.5) is 4.79 Å². The van der Waals surface area contributed by atoms with Crippen molar-refractivity contribution in [3.8, 4) is 0 Å². The van der Waals surface area contributed by atoms with Gasteiger partial charge in [0.2, 0.25) is 0 Å².